The van der Waals surface area contributed by atoms with E-state index in [2.05, 4.69) is 16.0 Å². The Hall–Kier alpha value is -1.30. The van der Waals surface area contributed by atoms with Gasteiger partial charge in [0.25, 0.3) is 0 Å². The Bertz CT molecular complexity index is 336. The van der Waals surface area contributed by atoms with Crippen LogP contribution in [0.5, 0.6) is 0 Å². The van der Waals surface area contributed by atoms with Crippen LogP contribution in [0.3, 0.4) is 0 Å². The SMILES string of the molecule is C[C@@H]1NC(=O)N[C@@H]1CCCCCC(=O)NCCCCCCN. The van der Waals surface area contributed by atoms with Crippen molar-refractivity contribution in [1.82, 2.24) is 16.0 Å². The molecule has 0 unspecified atom stereocenters. The summed E-state index contributed by atoms with van der Waals surface area (Å²) in [6.45, 7) is 3.55. The molecule has 1 aliphatic rings. The zero-order chi connectivity index (χ0) is 16.2. The molecule has 1 aliphatic heterocycles. The average Bonchev–Trinajstić information content (AvgIpc) is 2.80. The third-order valence-corrected chi connectivity index (χ3v) is 4.15. The highest BCUT2D eigenvalue weighted by Gasteiger charge is 2.26. The predicted octanol–water partition coefficient (Wildman–Crippen LogP) is 1.64. The summed E-state index contributed by atoms with van der Waals surface area (Å²) in [6.07, 6.45) is 8.97. The smallest absolute Gasteiger partial charge is 0.315 e. The van der Waals surface area contributed by atoms with Gasteiger partial charge in [-0.3, -0.25) is 4.79 Å². The van der Waals surface area contributed by atoms with Crippen molar-refractivity contribution in [2.75, 3.05) is 13.1 Å². The summed E-state index contributed by atoms with van der Waals surface area (Å²) in [4.78, 5) is 22.8. The molecule has 0 bridgehead atoms. The van der Waals surface area contributed by atoms with Gasteiger partial charge in [-0.2, -0.15) is 0 Å². The first-order valence-electron chi connectivity index (χ1n) is 8.67. The van der Waals surface area contributed by atoms with E-state index in [1.54, 1.807) is 0 Å². The summed E-state index contributed by atoms with van der Waals surface area (Å²) in [5, 5.41) is 8.73. The molecule has 6 nitrogen and oxygen atoms in total. The van der Waals surface area contributed by atoms with E-state index in [1.807, 2.05) is 6.92 Å². The fraction of sp³-hybridized carbons (Fsp3) is 0.875. The fourth-order valence-electron chi connectivity index (χ4n) is 2.73. The van der Waals surface area contributed by atoms with Crippen molar-refractivity contribution in [3.8, 4) is 0 Å². The molecule has 5 N–H and O–H groups in total. The molecule has 0 spiro atoms. The molecule has 6 heteroatoms. The Balaban J connectivity index is 1.89. The third kappa shape index (κ3) is 8.22. The number of unbranched alkanes of at least 4 members (excludes halogenated alkanes) is 5. The van der Waals surface area contributed by atoms with Gasteiger partial charge >= 0.3 is 6.03 Å². The molecule has 3 amide bonds. The highest BCUT2D eigenvalue weighted by atomic mass is 16.2. The van der Waals surface area contributed by atoms with E-state index >= 15 is 0 Å². The van der Waals surface area contributed by atoms with Crippen molar-refractivity contribution in [3.63, 3.8) is 0 Å². The van der Waals surface area contributed by atoms with Crippen LogP contribution in [0.2, 0.25) is 0 Å². The fourth-order valence-corrected chi connectivity index (χ4v) is 2.73. The zero-order valence-electron chi connectivity index (χ0n) is 13.8. The van der Waals surface area contributed by atoms with Crippen LogP contribution in [0, 0.1) is 0 Å². The van der Waals surface area contributed by atoms with Crippen LogP contribution in [0.1, 0.15) is 64.7 Å². The monoisotopic (exact) mass is 312 g/mol. The molecule has 1 heterocycles. The normalized spacial score (nSPS) is 20.5. The Morgan fingerprint density at radius 3 is 2.50 bits per heavy atom. The van der Waals surface area contributed by atoms with Crippen molar-refractivity contribution in [2.24, 2.45) is 5.73 Å². The molecule has 128 valence electrons. The van der Waals surface area contributed by atoms with E-state index in [0.29, 0.717) is 6.42 Å². The minimum atomic E-state index is -0.0664. The zero-order valence-corrected chi connectivity index (χ0v) is 13.8. The van der Waals surface area contributed by atoms with Gasteiger partial charge in [0.15, 0.2) is 0 Å². The number of hydrogen-bond acceptors (Lipinski definition) is 3. The van der Waals surface area contributed by atoms with Gasteiger partial charge in [0.2, 0.25) is 5.91 Å². The lowest BCUT2D eigenvalue weighted by atomic mass is 10.0. The Morgan fingerprint density at radius 2 is 1.82 bits per heavy atom. The van der Waals surface area contributed by atoms with E-state index in [0.717, 1.165) is 64.5 Å². The largest absolute Gasteiger partial charge is 0.356 e. The van der Waals surface area contributed by atoms with E-state index < -0.39 is 0 Å². The summed E-state index contributed by atoms with van der Waals surface area (Å²) in [5.41, 5.74) is 5.43. The molecule has 22 heavy (non-hydrogen) atoms. The molecule has 0 radical (unpaired) electrons. The van der Waals surface area contributed by atoms with Gasteiger partial charge < -0.3 is 21.7 Å². The molecule has 1 rings (SSSR count). The maximum absolute atomic E-state index is 11.6. The average molecular weight is 312 g/mol. The molecular weight excluding hydrogens is 280 g/mol. The quantitative estimate of drug-likeness (QED) is 0.412. The van der Waals surface area contributed by atoms with Gasteiger partial charge in [-0.1, -0.05) is 25.7 Å². The van der Waals surface area contributed by atoms with Crippen molar-refractivity contribution < 1.29 is 9.59 Å². The van der Waals surface area contributed by atoms with Crippen LogP contribution in [0.4, 0.5) is 4.79 Å². The highest BCUT2D eigenvalue weighted by molar-refractivity contribution is 5.77. The summed E-state index contributed by atoms with van der Waals surface area (Å²) in [6, 6.07) is 0.369. The highest BCUT2D eigenvalue weighted by Crippen LogP contribution is 2.11. The van der Waals surface area contributed by atoms with Crippen molar-refractivity contribution >= 4 is 11.9 Å². The first kappa shape index (κ1) is 18.7. The predicted molar refractivity (Wildman–Crippen MR) is 88.5 cm³/mol. The first-order chi connectivity index (χ1) is 10.6. The van der Waals surface area contributed by atoms with Crippen LogP contribution in [0.25, 0.3) is 0 Å². The second-order valence-electron chi connectivity index (χ2n) is 6.17. The summed E-state index contributed by atoms with van der Waals surface area (Å²) >= 11 is 0. The molecule has 0 aromatic rings. The van der Waals surface area contributed by atoms with Gasteiger partial charge in [-0.05, 0) is 39.2 Å². The van der Waals surface area contributed by atoms with E-state index in [1.165, 1.54) is 0 Å². The lowest BCUT2D eigenvalue weighted by molar-refractivity contribution is -0.121. The number of amides is 3. The number of nitrogens with one attached hydrogen (secondary N) is 3. The number of hydrogen-bond donors (Lipinski definition) is 4. The first-order valence-corrected chi connectivity index (χ1v) is 8.67. The minimum Gasteiger partial charge on any atom is -0.356 e. The Labute approximate surface area is 134 Å². The van der Waals surface area contributed by atoms with Crippen LogP contribution >= 0.6 is 0 Å². The van der Waals surface area contributed by atoms with Gasteiger partial charge in [-0.15, -0.1) is 0 Å². The number of carbonyl (C=O) groups is 2. The Kier molecular flexibility index (Phi) is 9.62. The molecular formula is C16H32N4O2. The second-order valence-corrected chi connectivity index (χ2v) is 6.17. The molecule has 1 saturated heterocycles. The maximum Gasteiger partial charge on any atom is 0.315 e. The van der Waals surface area contributed by atoms with Crippen LogP contribution in [-0.2, 0) is 4.79 Å². The number of urea groups is 1. The van der Waals surface area contributed by atoms with E-state index in [9.17, 15) is 9.59 Å². The van der Waals surface area contributed by atoms with Gasteiger partial charge in [0.05, 0.1) is 6.04 Å². The van der Waals surface area contributed by atoms with Gasteiger partial charge in [0, 0.05) is 19.0 Å². The number of nitrogens with two attached hydrogens (primary N) is 1. The third-order valence-electron chi connectivity index (χ3n) is 4.15. The maximum atomic E-state index is 11.6. The molecule has 0 aromatic carbocycles. The molecule has 0 aromatic heterocycles. The Morgan fingerprint density at radius 1 is 1.09 bits per heavy atom. The summed E-state index contributed by atoms with van der Waals surface area (Å²) in [7, 11) is 0. The van der Waals surface area contributed by atoms with Gasteiger partial charge in [0.1, 0.15) is 0 Å². The van der Waals surface area contributed by atoms with Crippen LogP contribution < -0.4 is 21.7 Å². The lowest BCUT2D eigenvalue weighted by Gasteiger charge is -2.13. The molecule has 1 fully saturated rings. The summed E-state index contributed by atoms with van der Waals surface area (Å²) in [5.74, 6) is 0.156. The second kappa shape index (κ2) is 11.3. The standard InChI is InChI=1S/C16H32N4O2/c1-13-14(20-16(22)19-13)9-5-4-6-10-15(21)18-12-8-3-2-7-11-17/h13-14H,2-12,17H2,1H3,(H,18,21)(H2,19,20,22)/t13-,14+/m0/s1. The molecule has 0 saturated carbocycles. The number of rotatable bonds is 12. The topological polar surface area (TPSA) is 96.2 Å². The minimum absolute atomic E-state index is 0.0664. The van der Waals surface area contributed by atoms with Crippen LogP contribution in [0.15, 0.2) is 0 Å². The lowest BCUT2D eigenvalue weighted by Crippen LogP contribution is -2.30. The van der Waals surface area contributed by atoms with Gasteiger partial charge in [-0.25, -0.2) is 4.79 Å². The molecule has 2 atom stereocenters. The summed E-state index contributed by atoms with van der Waals surface area (Å²) < 4.78 is 0. The van der Waals surface area contributed by atoms with Crippen LogP contribution in [-0.4, -0.2) is 37.1 Å². The number of carbonyl (C=O) groups excluding carboxylic acids is 2. The van der Waals surface area contributed by atoms with Crippen molar-refractivity contribution in [3.05, 3.63) is 0 Å². The van der Waals surface area contributed by atoms with Crippen molar-refractivity contribution in [1.29, 1.82) is 0 Å². The van der Waals surface area contributed by atoms with E-state index in [-0.39, 0.29) is 24.0 Å². The molecule has 0 aliphatic carbocycles. The van der Waals surface area contributed by atoms with Crippen molar-refractivity contribution in [2.45, 2.75) is 76.8 Å². The van der Waals surface area contributed by atoms with E-state index in [4.69, 9.17) is 5.73 Å².